The Morgan fingerprint density at radius 1 is 1.20 bits per heavy atom. The van der Waals surface area contributed by atoms with Gasteiger partial charge in [0.1, 0.15) is 11.6 Å². The van der Waals surface area contributed by atoms with Crippen molar-refractivity contribution in [3.8, 4) is 0 Å². The summed E-state index contributed by atoms with van der Waals surface area (Å²) in [6, 6.07) is 4.52. The molecule has 0 bridgehead atoms. The van der Waals surface area contributed by atoms with E-state index in [1.54, 1.807) is 45.0 Å². The van der Waals surface area contributed by atoms with Gasteiger partial charge in [0.15, 0.2) is 0 Å². The van der Waals surface area contributed by atoms with Gasteiger partial charge >= 0.3 is 12.1 Å². The lowest BCUT2D eigenvalue weighted by atomic mass is 9.86. The number of nitrogens with one attached hydrogen (secondary N) is 2. The second-order valence-electron chi connectivity index (χ2n) is 7.81. The standard InChI is InChI=1S/C20H28ClF3N2O4/c1-11(25-17(24)16(22)23)14(12-7-6-8-13(21)9-12)10-15(18(27)29-5)26-19(28)30-20(2,3)4/h6-9,11,14-17,25H,10H2,1-5H3,(H,26,28)/t11?,14?,15-,17?/m1/s1. The average Bonchev–Trinajstić information content (AvgIpc) is 2.62. The van der Waals surface area contributed by atoms with Crippen molar-refractivity contribution in [1.82, 2.24) is 10.6 Å². The number of amides is 1. The van der Waals surface area contributed by atoms with E-state index < -0.39 is 48.4 Å². The molecule has 0 saturated heterocycles. The molecule has 0 aliphatic carbocycles. The molecule has 0 aromatic heterocycles. The fraction of sp³-hybridized carbons (Fsp3) is 0.600. The Hall–Kier alpha value is -2.00. The predicted molar refractivity (Wildman–Crippen MR) is 107 cm³/mol. The molecule has 0 aliphatic heterocycles. The maximum absolute atomic E-state index is 13.6. The van der Waals surface area contributed by atoms with E-state index in [1.807, 2.05) is 0 Å². The molecular weight excluding hydrogens is 425 g/mol. The van der Waals surface area contributed by atoms with E-state index in [0.29, 0.717) is 10.6 Å². The molecule has 1 aromatic rings. The molecule has 170 valence electrons. The number of hydrogen-bond donors (Lipinski definition) is 2. The van der Waals surface area contributed by atoms with Crippen LogP contribution in [0.4, 0.5) is 18.0 Å². The Labute approximate surface area is 179 Å². The lowest BCUT2D eigenvalue weighted by Crippen LogP contribution is -2.47. The second kappa shape index (κ2) is 11.4. The molecule has 1 amide bonds. The predicted octanol–water partition coefficient (Wildman–Crippen LogP) is 4.42. The smallest absolute Gasteiger partial charge is 0.408 e. The highest BCUT2D eigenvalue weighted by molar-refractivity contribution is 6.30. The van der Waals surface area contributed by atoms with Crippen LogP contribution in [0.15, 0.2) is 24.3 Å². The Morgan fingerprint density at radius 3 is 2.33 bits per heavy atom. The number of carbonyl (C=O) groups is 2. The summed E-state index contributed by atoms with van der Waals surface area (Å²) < 4.78 is 48.9. The van der Waals surface area contributed by atoms with E-state index in [4.69, 9.17) is 21.1 Å². The SMILES string of the molecule is COC(=O)[C@@H](CC(c1cccc(Cl)c1)C(C)NC(F)C(F)F)NC(=O)OC(C)(C)C. The third-order valence-electron chi connectivity index (χ3n) is 4.19. The normalized spacial score (nSPS) is 15.8. The van der Waals surface area contributed by atoms with Crippen LogP contribution in [0, 0.1) is 0 Å². The summed E-state index contributed by atoms with van der Waals surface area (Å²) in [4.78, 5) is 24.4. The zero-order valence-electron chi connectivity index (χ0n) is 17.5. The van der Waals surface area contributed by atoms with E-state index in [-0.39, 0.29) is 6.42 Å². The first-order valence-corrected chi connectivity index (χ1v) is 9.73. The van der Waals surface area contributed by atoms with Crippen LogP contribution in [0.2, 0.25) is 5.02 Å². The highest BCUT2D eigenvalue weighted by atomic mass is 35.5. The minimum atomic E-state index is -3.22. The number of ether oxygens (including phenoxy) is 2. The van der Waals surface area contributed by atoms with Crippen molar-refractivity contribution in [3.63, 3.8) is 0 Å². The van der Waals surface area contributed by atoms with E-state index in [1.165, 1.54) is 6.92 Å². The molecule has 10 heteroatoms. The van der Waals surface area contributed by atoms with Crippen LogP contribution in [0.3, 0.4) is 0 Å². The van der Waals surface area contributed by atoms with Gasteiger partial charge in [0.2, 0.25) is 6.30 Å². The van der Waals surface area contributed by atoms with Gasteiger partial charge in [-0.05, 0) is 51.8 Å². The molecule has 30 heavy (non-hydrogen) atoms. The maximum Gasteiger partial charge on any atom is 0.408 e. The monoisotopic (exact) mass is 452 g/mol. The van der Waals surface area contributed by atoms with Crippen LogP contribution in [0.5, 0.6) is 0 Å². The van der Waals surface area contributed by atoms with Crippen LogP contribution in [0.25, 0.3) is 0 Å². The lowest BCUT2D eigenvalue weighted by molar-refractivity contribution is -0.143. The summed E-state index contributed by atoms with van der Waals surface area (Å²) in [6.07, 6.45) is -6.70. The molecule has 1 aromatic carbocycles. The Bertz CT molecular complexity index is 716. The van der Waals surface area contributed by atoms with Gasteiger partial charge in [-0.3, -0.25) is 5.32 Å². The highest BCUT2D eigenvalue weighted by Crippen LogP contribution is 2.28. The molecular formula is C20H28ClF3N2O4. The van der Waals surface area contributed by atoms with E-state index >= 15 is 0 Å². The third-order valence-corrected chi connectivity index (χ3v) is 4.43. The van der Waals surface area contributed by atoms with Gasteiger partial charge in [0, 0.05) is 17.0 Å². The summed E-state index contributed by atoms with van der Waals surface area (Å²) >= 11 is 6.04. The summed E-state index contributed by atoms with van der Waals surface area (Å²) in [6.45, 7) is 6.48. The zero-order chi connectivity index (χ0) is 23.1. The molecule has 0 aliphatic rings. The number of rotatable bonds is 9. The Morgan fingerprint density at radius 2 is 1.83 bits per heavy atom. The largest absolute Gasteiger partial charge is 0.467 e. The van der Waals surface area contributed by atoms with Gasteiger partial charge in [-0.25, -0.2) is 22.8 Å². The third kappa shape index (κ3) is 8.79. The molecule has 0 fully saturated rings. The molecule has 0 radical (unpaired) electrons. The van der Waals surface area contributed by atoms with E-state index in [9.17, 15) is 22.8 Å². The topological polar surface area (TPSA) is 76.7 Å². The molecule has 0 saturated carbocycles. The van der Waals surface area contributed by atoms with Crippen LogP contribution >= 0.6 is 11.6 Å². The summed E-state index contributed by atoms with van der Waals surface area (Å²) in [7, 11) is 1.15. The second-order valence-corrected chi connectivity index (χ2v) is 8.25. The minimum Gasteiger partial charge on any atom is -0.467 e. The minimum absolute atomic E-state index is 0.0730. The molecule has 2 N–H and O–H groups in total. The van der Waals surface area contributed by atoms with Crippen molar-refractivity contribution >= 4 is 23.7 Å². The molecule has 1 rings (SSSR count). The summed E-state index contributed by atoms with van der Waals surface area (Å²) in [5.74, 6) is -1.43. The maximum atomic E-state index is 13.6. The van der Waals surface area contributed by atoms with E-state index in [0.717, 1.165) is 7.11 Å². The summed E-state index contributed by atoms with van der Waals surface area (Å²) in [5, 5.41) is 5.01. The highest BCUT2D eigenvalue weighted by Gasteiger charge is 2.33. The first kappa shape index (κ1) is 26.0. The van der Waals surface area contributed by atoms with Gasteiger partial charge in [0.25, 0.3) is 6.43 Å². The number of carbonyl (C=O) groups excluding carboxylic acids is 2. The molecule has 0 heterocycles. The van der Waals surface area contributed by atoms with E-state index in [2.05, 4.69) is 10.6 Å². The van der Waals surface area contributed by atoms with Gasteiger partial charge in [-0.1, -0.05) is 23.7 Å². The van der Waals surface area contributed by atoms with Crippen LogP contribution < -0.4 is 10.6 Å². The van der Waals surface area contributed by atoms with Gasteiger partial charge in [-0.15, -0.1) is 0 Å². The number of benzene rings is 1. The van der Waals surface area contributed by atoms with Gasteiger partial charge < -0.3 is 14.8 Å². The number of esters is 1. The van der Waals surface area contributed by atoms with Gasteiger partial charge in [0.05, 0.1) is 7.11 Å². The number of methoxy groups -OCH3 is 1. The Kier molecular flexibility index (Phi) is 9.90. The van der Waals surface area contributed by atoms with Crippen LogP contribution in [0.1, 0.15) is 45.6 Å². The molecule has 4 atom stereocenters. The van der Waals surface area contributed by atoms with Crippen molar-refractivity contribution in [2.24, 2.45) is 0 Å². The summed E-state index contributed by atoms with van der Waals surface area (Å²) in [5.41, 5.74) is -0.228. The lowest BCUT2D eigenvalue weighted by Gasteiger charge is -2.30. The van der Waals surface area contributed by atoms with Crippen molar-refractivity contribution in [2.45, 2.75) is 70.4 Å². The average molecular weight is 453 g/mol. The molecule has 6 nitrogen and oxygen atoms in total. The van der Waals surface area contributed by atoms with Crippen molar-refractivity contribution < 1.29 is 32.2 Å². The van der Waals surface area contributed by atoms with Crippen LogP contribution in [-0.4, -0.2) is 49.6 Å². The fourth-order valence-corrected chi connectivity index (χ4v) is 3.06. The van der Waals surface area contributed by atoms with Crippen molar-refractivity contribution in [2.75, 3.05) is 7.11 Å². The first-order valence-electron chi connectivity index (χ1n) is 9.35. The van der Waals surface area contributed by atoms with Crippen LogP contribution in [-0.2, 0) is 14.3 Å². The van der Waals surface area contributed by atoms with Gasteiger partial charge in [-0.2, -0.15) is 0 Å². The number of halogens is 4. The number of hydrogen-bond acceptors (Lipinski definition) is 5. The van der Waals surface area contributed by atoms with Crippen molar-refractivity contribution in [1.29, 1.82) is 0 Å². The quantitative estimate of drug-likeness (QED) is 0.428. The molecule has 0 spiro atoms. The zero-order valence-corrected chi connectivity index (χ0v) is 18.3. The van der Waals surface area contributed by atoms with Crippen molar-refractivity contribution in [3.05, 3.63) is 34.9 Å². The number of alkyl carbamates (subject to hydrolysis) is 1. The number of alkyl halides is 3. The fourth-order valence-electron chi connectivity index (χ4n) is 2.87. The first-order chi connectivity index (χ1) is 13.8. The Balaban J connectivity index is 3.15. The molecule has 3 unspecified atom stereocenters.